The summed E-state index contributed by atoms with van der Waals surface area (Å²) in [6.07, 6.45) is 0.343. The maximum atomic E-state index is 12.3. The van der Waals surface area contributed by atoms with Gasteiger partial charge in [0.05, 0.1) is 22.7 Å². The minimum absolute atomic E-state index is 0.0369. The molecule has 1 atom stereocenters. The predicted molar refractivity (Wildman–Crippen MR) is 123 cm³/mol. The molecule has 2 aromatic heterocycles. The number of sulfonamides is 1. The van der Waals surface area contributed by atoms with Crippen LogP contribution in [-0.4, -0.2) is 41.3 Å². The molecule has 0 aliphatic heterocycles. The van der Waals surface area contributed by atoms with E-state index in [0.29, 0.717) is 6.54 Å². The van der Waals surface area contributed by atoms with Gasteiger partial charge < -0.3 is 9.67 Å². The monoisotopic (exact) mass is 492 g/mol. The topological polar surface area (TPSA) is 62.5 Å². The number of aliphatic hydroxyl groups excluding tert-OH is 1. The molecule has 0 amide bonds. The van der Waals surface area contributed by atoms with E-state index in [-0.39, 0.29) is 13.1 Å². The van der Waals surface area contributed by atoms with E-state index in [9.17, 15) is 13.5 Å². The average Bonchev–Trinajstić information content (AvgIpc) is 3.23. The summed E-state index contributed by atoms with van der Waals surface area (Å²) in [6, 6.07) is 19.9. The molecular formula is C21H21BrN2O3S2. The molecule has 0 radical (unpaired) electrons. The van der Waals surface area contributed by atoms with Crippen molar-refractivity contribution in [2.75, 3.05) is 12.8 Å². The molecule has 152 valence electrons. The predicted octanol–water partition coefficient (Wildman–Crippen LogP) is 4.44. The van der Waals surface area contributed by atoms with Crippen molar-refractivity contribution in [3.05, 3.63) is 69.3 Å². The lowest BCUT2D eigenvalue weighted by atomic mass is 10.2. The summed E-state index contributed by atoms with van der Waals surface area (Å²) in [5.41, 5.74) is 2.06. The normalized spacial score (nSPS) is 13.5. The number of hydrogen-bond acceptors (Lipinski definition) is 4. The van der Waals surface area contributed by atoms with Crippen molar-refractivity contribution < 1.29 is 13.5 Å². The molecular weight excluding hydrogens is 472 g/mol. The number of rotatable bonds is 7. The van der Waals surface area contributed by atoms with Crippen molar-refractivity contribution in [3.8, 4) is 0 Å². The number of halogens is 1. The van der Waals surface area contributed by atoms with E-state index in [2.05, 4.69) is 32.6 Å². The highest BCUT2D eigenvalue weighted by atomic mass is 79.9. The average molecular weight is 493 g/mol. The lowest BCUT2D eigenvalue weighted by Crippen LogP contribution is -2.37. The number of aromatic nitrogens is 1. The minimum Gasteiger partial charge on any atom is -0.390 e. The summed E-state index contributed by atoms with van der Waals surface area (Å²) in [5, 5.41) is 13.1. The maximum absolute atomic E-state index is 12.3. The SMILES string of the molecule is CS(=O)(=O)N(Cc1ccc(Br)s1)CC(O)Cn1c2ccccc2c2ccccc21. The van der Waals surface area contributed by atoms with Gasteiger partial charge in [-0.25, -0.2) is 8.42 Å². The molecule has 2 aromatic carbocycles. The third-order valence-corrected chi connectivity index (χ3v) is 7.74. The van der Waals surface area contributed by atoms with Crippen molar-refractivity contribution in [1.29, 1.82) is 0 Å². The molecule has 0 aliphatic rings. The molecule has 29 heavy (non-hydrogen) atoms. The quantitative estimate of drug-likeness (QED) is 0.414. The highest BCUT2D eigenvalue weighted by Gasteiger charge is 2.23. The van der Waals surface area contributed by atoms with Crippen LogP contribution in [0, 0.1) is 0 Å². The first-order valence-electron chi connectivity index (χ1n) is 9.16. The molecule has 0 spiro atoms. The van der Waals surface area contributed by atoms with Gasteiger partial charge in [-0.1, -0.05) is 36.4 Å². The Balaban J connectivity index is 1.62. The van der Waals surface area contributed by atoms with Gasteiger partial charge in [-0.2, -0.15) is 4.31 Å². The molecule has 4 rings (SSSR count). The molecule has 0 saturated heterocycles. The second-order valence-corrected chi connectivity index (χ2v) is 11.6. The van der Waals surface area contributed by atoms with Gasteiger partial charge in [0.15, 0.2) is 0 Å². The third kappa shape index (κ3) is 4.41. The van der Waals surface area contributed by atoms with Crippen LogP contribution < -0.4 is 0 Å². The van der Waals surface area contributed by atoms with Crippen molar-refractivity contribution in [2.24, 2.45) is 0 Å². The molecule has 1 unspecified atom stereocenters. The summed E-state index contributed by atoms with van der Waals surface area (Å²) < 4.78 is 29.0. The fraction of sp³-hybridized carbons (Fsp3) is 0.238. The van der Waals surface area contributed by atoms with Crippen LogP contribution >= 0.6 is 27.3 Å². The van der Waals surface area contributed by atoms with Gasteiger partial charge in [0.25, 0.3) is 0 Å². The smallest absolute Gasteiger partial charge is 0.211 e. The Morgan fingerprint density at radius 2 is 1.62 bits per heavy atom. The van der Waals surface area contributed by atoms with E-state index >= 15 is 0 Å². The molecule has 4 aromatic rings. The van der Waals surface area contributed by atoms with Crippen LogP contribution in [0.1, 0.15) is 4.88 Å². The first kappa shape index (κ1) is 20.6. The number of benzene rings is 2. The third-order valence-electron chi connectivity index (χ3n) is 4.92. The zero-order valence-electron chi connectivity index (χ0n) is 15.8. The number of para-hydroxylation sites is 2. The molecule has 0 aliphatic carbocycles. The Kier molecular flexibility index (Phi) is 5.81. The summed E-state index contributed by atoms with van der Waals surface area (Å²) in [4.78, 5) is 0.923. The first-order chi connectivity index (χ1) is 13.8. The van der Waals surface area contributed by atoms with E-state index in [1.807, 2.05) is 48.5 Å². The number of aliphatic hydroxyl groups is 1. The van der Waals surface area contributed by atoms with Crippen molar-refractivity contribution >= 4 is 59.1 Å². The van der Waals surface area contributed by atoms with Crippen LogP contribution in [0.25, 0.3) is 21.8 Å². The summed E-state index contributed by atoms with van der Waals surface area (Å²) >= 11 is 4.90. The maximum Gasteiger partial charge on any atom is 0.211 e. The van der Waals surface area contributed by atoms with E-state index in [1.54, 1.807) is 0 Å². The Morgan fingerprint density at radius 3 is 2.14 bits per heavy atom. The van der Waals surface area contributed by atoms with Gasteiger partial charge in [0.2, 0.25) is 10.0 Å². The largest absolute Gasteiger partial charge is 0.390 e. The summed E-state index contributed by atoms with van der Waals surface area (Å²) in [6.45, 7) is 0.600. The molecule has 0 saturated carbocycles. The standard InChI is InChI=1S/C21H21BrN2O3S2/c1-29(26,27)23(14-16-10-11-21(22)28-16)12-15(25)13-24-19-8-4-2-6-17(19)18-7-3-5-9-20(18)24/h2-11,15,25H,12-14H2,1H3. The lowest BCUT2D eigenvalue weighted by molar-refractivity contribution is 0.129. The highest BCUT2D eigenvalue weighted by molar-refractivity contribution is 9.11. The Morgan fingerprint density at radius 1 is 1.03 bits per heavy atom. The first-order valence-corrected chi connectivity index (χ1v) is 12.6. The van der Waals surface area contributed by atoms with Crippen LogP contribution in [0.15, 0.2) is 64.5 Å². The van der Waals surface area contributed by atoms with E-state index in [0.717, 1.165) is 30.5 Å². The van der Waals surface area contributed by atoms with E-state index in [1.165, 1.54) is 21.9 Å². The fourth-order valence-electron chi connectivity index (χ4n) is 3.63. The van der Waals surface area contributed by atoms with Crippen molar-refractivity contribution in [3.63, 3.8) is 0 Å². The molecule has 5 nitrogen and oxygen atoms in total. The highest BCUT2D eigenvalue weighted by Crippen LogP contribution is 2.29. The number of thiophene rings is 1. The number of hydrogen-bond donors (Lipinski definition) is 1. The van der Waals surface area contributed by atoms with E-state index < -0.39 is 16.1 Å². The number of fused-ring (bicyclic) bond motifs is 3. The van der Waals surface area contributed by atoms with Gasteiger partial charge in [0, 0.05) is 39.8 Å². The van der Waals surface area contributed by atoms with Gasteiger partial charge in [-0.05, 0) is 40.2 Å². The molecule has 2 heterocycles. The molecule has 0 bridgehead atoms. The van der Waals surface area contributed by atoms with Gasteiger partial charge >= 0.3 is 0 Å². The van der Waals surface area contributed by atoms with Crippen molar-refractivity contribution in [2.45, 2.75) is 19.2 Å². The van der Waals surface area contributed by atoms with Gasteiger partial charge in [-0.3, -0.25) is 0 Å². The zero-order valence-corrected chi connectivity index (χ0v) is 19.0. The van der Waals surface area contributed by atoms with Crippen LogP contribution in [0.5, 0.6) is 0 Å². The van der Waals surface area contributed by atoms with Crippen LogP contribution in [0.3, 0.4) is 0 Å². The fourth-order valence-corrected chi connectivity index (χ4v) is 6.03. The Bertz CT molecular complexity index is 1210. The summed E-state index contributed by atoms with van der Waals surface area (Å²) in [7, 11) is -3.46. The van der Waals surface area contributed by atoms with Crippen LogP contribution in [0.2, 0.25) is 0 Å². The minimum atomic E-state index is -3.46. The van der Waals surface area contributed by atoms with Gasteiger partial charge in [0.1, 0.15) is 0 Å². The van der Waals surface area contributed by atoms with Gasteiger partial charge in [-0.15, -0.1) is 11.3 Å². The zero-order chi connectivity index (χ0) is 20.6. The second-order valence-electron chi connectivity index (χ2n) is 7.06. The van der Waals surface area contributed by atoms with E-state index in [4.69, 9.17) is 0 Å². The molecule has 0 fully saturated rings. The molecule has 1 N–H and O–H groups in total. The Hall–Kier alpha value is -1.71. The molecule has 8 heteroatoms. The number of nitrogens with zero attached hydrogens (tertiary/aromatic N) is 2. The van der Waals surface area contributed by atoms with Crippen LogP contribution in [0.4, 0.5) is 0 Å². The van der Waals surface area contributed by atoms with Crippen molar-refractivity contribution in [1.82, 2.24) is 8.87 Å². The second kappa shape index (κ2) is 8.20. The lowest BCUT2D eigenvalue weighted by Gasteiger charge is -2.23. The van der Waals surface area contributed by atoms with Crippen LogP contribution in [-0.2, 0) is 23.1 Å². The Labute approximate surface area is 182 Å². The summed E-state index contributed by atoms with van der Waals surface area (Å²) in [5.74, 6) is 0.